The molecule has 1 aliphatic carbocycles. The molecule has 0 aliphatic heterocycles. The zero-order valence-electron chi connectivity index (χ0n) is 13.0. The summed E-state index contributed by atoms with van der Waals surface area (Å²) in [4.78, 5) is 15.8. The number of rotatable bonds is 5. The molecule has 0 saturated heterocycles. The van der Waals surface area contributed by atoms with E-state index < -0.39 is 5.60 Å². The lowest BCUT2D eigenvalue weighted by Gasteiger charge is -2.22. The van der Waals surface area contributed by atoms with Crippen molar-refractivity contribution in [1.29, 1.82) is 0 Å². The van der Waals surface area contributed by atoms with E-state index in [1.54, 1.807) is 6.20 Å². The third-order valence-electron chi connectivity index (χ3n) is 3.43. The fourth-order valence-electron chi connectivity index (χ4n) is 1.97. The summed E-state index contributed by atoms with van der Waals surface area (Å²) >= 11 is 9.23. The Hall–Kier alpha value is -1.01. The first-order valence-corrected chi connectivity index (χ1v) is 8.38. The largest absolute Gasteiger partial charge is 0.444 e. The van der Waals surface area contributed by atoms with Crippen molar-refractivity contribution < 1.29 is 9.53 Å². The Bertz CT molecular complexity index is 556. The van der Waals surface area contributed by atoms with Gasteiger partial charge in [-0.2, -0.15) is 0 Å². The van der Waals surface area contributed by atoms with Crippen molar-refractivity contribution in [3.8, 4) is 0 Å². The molecular weight excluding hydrogens is 370 g/mol. The van der Waals surface area contributed by atoms with Crippen LogP contribution in [0.25, 0.3) is 0 Å². The molecule has 1 heterocycles. The van der Waals surface area contributed by atoms with Gasteiger partial charge in [-0.25, -0.2) is 9.78 Å². The second-order valence-corrected chi connectivity index (χ2v) is 7.92. The lowest BCUT2D eigenvalue weighted by atomic mass is 10.1. The van der Waals surface area contributed by atoms with Crippen molar-refractivity contribution in [2.24, 2.45) is 5.41 Å². The first-order chi connectivity index (χ1) is 10.2. The predicted octanol–water partition coefficient (Wildman–Crippen LogP) is 4.21. The molecule has 0 radical (unpaired) electrons. The van der Waals surface area contributed by atoms with Gasteiger partial charge in [-0.15, -0.1) is 0 Å². The number of nitrogens with zero attached hydrogens (tertiary/aromatic N) is 1. The van der Waals surface area contributed by atoms with Crippen LogP contribution in [0.2, 0.25) is 5.15 Å². The standard InChI is InChI=1S/C15H21BrClN3O2/c1-14(2,3)22-13(21)20-9-15(4-5-15)8-19-10-6-11(16)12(17)18-7-10/h6-7,19H,4-5,8-9H2,1-3H3,(H,20,21). The summed E-state index contributed by atoms with van der Waals surface area (Å²) in [5.41, 5.74) is 0.531. The lowest BCUT2D eigenvalue weighted by Crippen LogP contribution is -2.37. The molecule has 1 saturated carbocycles. The minimum absolute atomic E-state index is 0.100. The predicted molar refractivity (Wildman–Crippen MR) is 91.3 cm³/mol. The molecule has 1 aliphatic rings. The van der Waals surface area contributed by atoms with Crippen molar-refractivity contribution in [2.45, 2.75) is 39.2 Å². The third kappa shape index (κ3) is 5.32. The zero-order chi connectivity index (χ0) is 16.4. The van der Waals surface area contributed by atoms with E-state index in [2.05, 4.69) is 31.5 Å². The van der Waals surface area contributed by atoms with E-state index in [4.69, 9.17) is 16.3 Å². The van der Waals surface area contributed by atoms with Crippen molar-refractivity contribution in [1.82, 2.24) is 10.3 Å². The van der Waals surface area contributed by atoms with Gasteiger partial charge in [0.05, 0.1) is 16.4 Å². The van der Waals surface area contributed by atoms with Gasteiger partial charge in [0, 0.05) is 18.5 Å². The van der Waals surface area contributed by atoms with E-state index in [1.165, 1.54) is 0 Å². The molecule has 1 aromatic heterocycles. The second kappa shape index (κ2) is 6.62. The van der Waals surface area contributed by atoms with Gasteiger partial charge >= 0.3 is 6.09 Å². The second-order valence-electron chi connectivity index (χ2n) is 6.71. The summed E-state index contributed by atoms with van der Waals surface area (Å²) in [5, 5.41) is 6.64. The molecule has 1 aromatic rings. The Balaban J connectivity index is 1.80. The number of carbonyl (C=O) groups is 1. The van der Waals surface area contributed by atoms with Crippen LogP contribution in [0.5, 0.6) is 0 Å². The monoisotopic (exact) mass is 389 g/mol. The molecule has 22 heavy (non-hydrogen) atoms. The van der Waals surface area contributed by atoms with E-state index in [0.29, 0.717) is 11.7 Å². The maximum Gasteiger partial charge on any atom is 0.407 e. The minimum Gasteiger partial charge on any atom is -0.444 e. The molecule has 5 nitrogen and oxygen atoms in total. The molecule has 2 rings (SSSR count). The van der Waals surface area contributed by atoms with Crippen LogP contribution in [0.4, 0.5) is 10.5 Å². The highest BCUT2D eigenvalue weighted by Crippen LogP contribution is 2.45. The molecule has 0 bridgehead atoms. The maximum absolute atomic E-state index is 11.7. The molecule has 2 N–H and O–H groups in total. The van der Waals surface area contributed by atoms with Gasteiger partial charge in [-0.1, -0.05) is 11.6 Å². The Morgan fingerprint density at radius 1 is 1.45 bits per heavy atom. The topological polar surface area (TPSA) is 63.2 Å². The molecule has 122 valence electrons. The SMILES string of the molecule is CC(C)(C)OC(=O)NCC1(CNc2cnc(Cl)c(Br)c2)CC1. The van der Waals surface area contributed by atoms with E-state index in [1.807, 2.05) is 26.8 Å². The molecule has 0 unspecified atom stereocenters. The van der Waals surface area contributed by atoms with E-state index in [9.17, 15) is 4.79 Å². The summed E-state index contributed by atoms with van der Waals surface area (Å²) in [6.07, 6.45) is 3.50. The number of nitrogens with one attached hydrogen (secondary N) is 2. The van der Waals surface area contributed by atoms with Crippen LogP contribution in [-0.4, -0.2) is 29.8 Å². The molecule has 0 atom stereocenters. The number of anilines is 1. The van der Waals surface area contributed by atoms with Crippen molar-refractivity contribution in [3.05, 3.63) is 21.9 Å². The van der Waals surface area contributed by atoms with Gasteiger partial charge in [-0.3, -0.25) is 0 Å². The normalized spacial score (nSPS) is 16.0. The summed E-state index contributed by atoms with van der Waals surface area (Å²) < 4.78 is 6.01. The number of halogens is 2. The van der Waals surface area contributed by atoms with Gasteiger partial charge in [0.2, 0.25) is 0 Å². The van der Waals surface area contributed by atoms with Crippen LogP contribution >= 0.6 is 27.5 Å². The molecule has 1 fully saturated rings. The van der Waals surface area contributed by atoms with Gasteiger partial charge in [0.1, 0.15) is 10.8 Å². The number of hydrogen-bond donors (Lipinski definition) is 2. The number of carbonyl (C=O) groups excluding carboxylic acids is 1. The summed E-state index contributed by atoms with van der Waals surface area (Å²) in [6.45, 7) is 6.95. The first kappa shape index (κ1) is 17.3. The minimum atomic E-state index is -0.472. The number of aromatic nitrogens is 1. The van der Waals surface area contributed by atoms with Gasteiger partial charge in [0.15, 0.2) is 0 Å². The average Bonchev–Trinajstić information content (AvgIpc) is 3.17. The van der Waals surface area contributed by atoms with Crippen LogP contribution in [0.1, 0.15) is 33.6 Å². The number of ether oxygens (including phenoxy) is 1. The quantitative estimate of drug-likeness (QED) is 0.739. The van der Waals surface area contributed by atoms with Crippen LogP contribution in [-0.2, 0) is 4.74 Å². The fourth-order valence-corrected chi connectivity index (χ4v) is 2.43. The number of amides is 1. The molecule has 1 amide bonds. The van der Waals surface area contributed by atoms with E-state index in [-0.39, 0.29) is 11.5 Å². The summed E-state index contributed by atoms with van der Waals surface area (Å²) in [5.74, 6) is 0. The van der Waals surface area contributed by atoms with Gasteiger partial charge in [0.25, 0.3) is 0 Å². The average molecular weight is 391 g/mol. The highest BCUT2D eigenvalue weighted by atomic mass is 79.9. The third-order valence-corrected chi connectivity index (χ3v) is 4.56. The number of alkyl carbamates (subject to hydrolysis) is 1. The van der Waals surface area contributed by atoms with Crippen molar-refractivity contribution in [2.75, 3.05) is 18.4 Å². The Morgan fingerprint density at radius 3 is 2.68 bits per heavy atom. The van der Waals surface area contributed by atoms with Crippen LogP contribution in [0.3, 0.4) is 0 Å². The van der Waals surface area contributed by atoms with Crippen LogP contribution < -0.4 is 10.6 Å². The summed E-state index contributed by atoms with van der Waals surface area (Å²) in [6, 6.07) is 1.90. The Morgan fingerprint density at radius 2 is 2.14 bits per heavy atom. The van der Waals surface area contributed by atoms with Crippen molar-refractivity contribution >= 4 is 39.3 Å². The van der Waals surface area contributed by atoms with E-state index in [0.717, 1.165) is 29.5 Å². The van der Waals surface area contributed by atoms with E-state index >= 15 is 0 Å². The Kier molecular flexibility index (Phi) is 5.22. The fraction of sp³-hybridized carbons (Fsp3) is 0.600. The maximum atomic E-state index is 11.7. The van der Waals surface area contributed by atoms with Crippen LogP contribution in [0, 0.1) is 5.41 Å². The first-order valence-electron chi connectivity index (χ1n) is 7.21. The highest BCUT2D eigenvalue weighted by Gasteiger charge is 2.42. The Labute approximate surface area is 144 Å². The highest BCUT2D eigenvalue weighted by molar-refractivity contribution is 9.10. The smallest absolute Gasteiger partial charge is 0.407 e. The van der Waals surface area contributed by atoms with Crippen molar-refractivity contribution in [3.63, 3.8) is 0 Å². The molecule has 0 aromatic carbocycles. The number of pyridine rings is 1. The lowest BCUT2D eigenvalue weighted by molar-refractivity contribution is 0.0517. The summed E-state index contributed by atoms with van der Waals surface area (Å²) in [7, 11) is 0. The zero-order valence-corrected chi connectivity index (χ0v) is 15.3. The van der Waals surface area contributed by atoms with Gasteiger partial charge < -0.3 is 15.4 Å². The van der Waals surface area contributed by atoms with Crippen LogP contribution in [0.15, 0.2) is 16.7 Å². The molecule has 7 heteroatoms. The number of hydrogen-bond acceptors (Lipinski definition) is 4. The molecule has 0 spiro atoms. The van der Waals surface area contributed by atoms with Gasteiger partial charge in [-0.05, 0) is 55.6 Å². The molecular formula is C15H21BrClN3O2.